The number of hydrogen-bond donors (Lipinski definition) is 2. The number of rotatable bonds is 5. The van der Waals surface area contributed by atoms with Crippen molar-refractivity contribution in [3.05, 3.63) is 51.7 Å². The number of hydrogen-bond acceptors (Lipinski definition) is 4. The summed E-state index contributed by atoms with van der Waals surface area (Å²) in [6, 6.07) is 10.7. The lowest BCUT2D eigenvalue weighted by Gasteiger charge is -2.30. The summed E-state index contributed by atoms with van der Waals surface area (Å²) >= 11 is 1.60. The summed E-state index contributed by atoms with van der Waals surface area (Å²) in [6.45, 7) is 2.46. The largest absolute Gasteiger partial charge is 0.497 e. The molecular formula is C18H23NO2S. The highest BCUT2D eigenvalue weighted by Gasteiger charge is 2.26. The van der Waals surface area contributed by atoms with Crippen LogP contribution >= 0.6 is 11.3 Å². The molecule has 0 saturated carbocycles. The fraction of sp³-hybridized carbons (Fsp3) is 0.444. The number of fused-ring (bicyclic) bond motifs is 1. The van der Waals surface area contributed by atoms with Crippen molar-refractivity contribution >= 4 is 11.3 Å². The highest BCUT2D eigenvalue weighted by Crippen LogP contribution is 2.27. The second-order valence-corrected chi connectivity index (χ2v) is 7.15. The van der Waals surface area contributed by atoms with Crippen LogP contribution in [0.4, 0.5) is 0 Å². The van der Waals surface area contributed by atoms with E-state index in [2.05, 4.69) is 17.4 Å². The Labute approximate surface area is 136 Å². The average Bonchev–Trinajstić information content (AvgIpc) is 3.07. The first-order valence-corrected chi connectivity index (χ1v) is 8.62. The highest BCUT2D eigenvalue weighted by molar-refractivity contribution is 7.10. The van der Waals surface area contributed by atoms with Crippen LogP contribution < -0.4 is 10.1 Å². The Balaban J connectivity index is 1.63. The lowest BCUT2D eigenvalue weighted by Crippen LogP contribution is -2.42. The van der Waals surface area contributed by atoms with Gasteiger partial charge in [-0.2, -0.15) is 0 Å². The van der Waals surface area contributed by atoms with Crippen molar-refractivity contribution in [2.75, 3.05) is 13.7 Å². The van der Waals surface area contributed by atoms with Crippen LogP contribution in [-0.2, 0) is 18.4 Å². The summed E-state index contributed by atoms with van der Waals surface area (Å²) in [4.78, 5) is 1.01. The summed E-state index contributed by atoms with van der Waals surface area (Å²) in [5.41, 5.74) is 1.98. The van der Waals surface area contributed by atoms with Crippen molar-refractivity contribution < 1.29 is 9.84 Å². The van der Waals surface area contributed by atoms with Gasteiger partial charge in [-0.15, -0.1) is 11.3 Å². The van der Waals surface area contributed by atoms with Crippen molar-refractivity contribution in [2.24, 2.45) is 0 Å². The summed E-state index contributed by atoms with van der Waals surface area (Å²) < 4.78 is 5.32. The van der Waals surface area contributed by atoms with Crippen molar-refractivity contribution in [2.45, 2.75) is 37.8 Å². The summed E-state index contributed by atoms with van der Waals surface area (Å²) in [6.07, 6.45) is 3.19. The molecule has 3 rings (SSSR count). The smallest absolute Gasteiger partial charge is 0.119 e. The zero-order chi connectivity index (χ0) is 15.6. The summed E-state index contributed by atoms with van der Waals surface area (Å²) in [5, 5.41) is 16.2. The number of ether oxygens (including phenoxy) is 1. The van der Waals surface area contributed by atoms with Crippen LogP contribution in [0.3, 0.4) is 0 Å². The predicted molar refractivity (Wildman–Crippen MR) is 90.7 cm³/mol. The number of thiophene rings is 1. The van der Waals surface area contributed by atoms with Gasteiger partial charge in [-0.25, -0.2) is 0 Å². The summed E-state index contributed by atoms with van der Waals surface area (Å²) in [5.74, 6) is 0.921. The number of aryl methyl sites for hydroxylation is 1. The molecule has 0 fully saturated rings. The third kappa shape index (κ3) is 3.35. The molecule has 0 radical (unpaired) electrons. The molecule has 1 heterocycles. The van der Waals surface area contributed by atoms with E-state index in [1.165, 1.54) is 11.1 Å². The van der Waals surface area contributed by atoms with E-state index in [0.29, 0.717) is 12.6 Å². The van der Waals surface area contributed by atoms with Crippen LogP contribution in [0, 0.1) is 0 Å². The fourth-order valence-electron chi connectivity index (χ4n) is 3.05. The summed E-state index contributed by atoms with van der Waals surface area (Å²) in [7, 11) is 1.71. The molecule has 0 saturated heterocycles. The van der Waals surface area contributed by atoms with Gasteiger partial charge in [0.2, 0.25) is 0 Å². The minimum atomic E-state index is -0.803. The number of benzene rings is 1. The molecule has 2 atom stereocenters. The topological polar surface area (TPSA) is 41.5 Å². The second-order valence-electron chi connectivity index (χ2n) is 6.21. The molecule has 22 heavy (non-hydrogen) atoms. The zero-order valence-corrected chi connectivity index (χ0v) is 14.0. The first-order valence-electron chi connectivity index (χ1n) is 7.74. The van der Waals surface area contributed by atoms with Crippen LogP contribution in [0.2, 0.25) is 0 Å². The molecule has 0 aliphatic heterocycles. The Hall–Kier alpha value is -1.36. The minimum Gasteiger partial charge on any atom is -0.497 e. The van der Waals surface area contributed by atoms with E-state index in [-0.39, 0.29) is 0 Å². The van der Waals surface area contributed by atoms with E-state index in [9.17, 15) is 5.11 Å². The Morgan fingerprint density at radius 2 is 2.23 bits per heavy atom. The molecule has 118 valence electrons. The van der Waals surface area contributed by atoms with Crippen molar-refractivity contribution in [1.29, 1.82) is 0 Å². The standard InChI is InChI=1S/C18H23NO2S/c1-18(20,17-4-3-9-22-17)12-19-15-7-5-13-6-8-16(21-2)11-14(13)10-15/h3-4,6,8-9,11,15,19-20H,5,7,10,12H2,1-2H3. The molecule has 0 bridgehead atoms. The van der Waals surface area contributed by atoms with Gasteiger partial charge in [0.1, 0.15) is 11.4 Å². The molecule has 3 nitrogen and oxygen atoms in total. The zero-order valence-electron chi connectivity index (χ0n) is 13.1. The van der Waals surface area contributed by atoms with Gasteiger partial charge < -0.3 is 15.2 Å². The first-order chi connectivity index (χ1) is 10.6. The molecule has 1 aromatic carbocycles. The van der Waals surface area contributed by atoms with Gasteiger partial charge in [0.15, 0.2) is 0 Å². The van der Waals surface area contributed by atoms with E-state index in [1.54, 1.807) is 18.4 Å². The first kappa shape index (κ1) is 15.5. The van der Waals surface area contributed by atoms with Crippen LogP contribution in [0.25, 0.3) is 0 Å². The van der Waals surface area contributed by atoms with Gasteiger partial charge in [0.25, 0.3) is 0 Å². The second kappa shape index (κ2) is 6.41. The maximum atomic E-state index is 10.6. The number of aliphatic hydroxyl groups is 1. The van der Waals surface area contributed by atoms with Gasteiger partial charge in [-0.3, -0.25) is 0 Å². The lowest BCUT2D eigenvalue weighted by molar-refractivity contribution is 0.0569. The normalized spacial score (nSPS) is 20.2. The van der Waals surface area contributed by atoms with E-state index in [1.807, 2.05) is 30.5 Å². The average molecular weight is 317 g/mol. The number of nitrogens with one attached hydrogen (secondary N) is 1. The van der Waals surface area contributed by atoms with Crippen LogP contribution in [-0.4, -0.2) is 24.8 Å². The molecule has 0 amide bonds. The minimum absolute atomic E-state index is 0.408. The Morgan fingerprint density at radius 3 is 2.95 bits per heavy atom. The van der Waals surface area contributed by atoms with E-state index in [0.717, 1.165) is 29.9 Å². The third-order valence-electron chi connectivity index (χ3n) is 4.43. The Bertz CT molecular complexity index is 622. The van der Waals surface area contributed by atoms with Gasteiger partial charge >= 0.3 is 0 Å². The molecule has 2 unspecified atom stereocenters. The third-order valence-corrected chi connectivity index (χ3v) is 5.55. The molecule has 1 aromatic heterocycles. The highest BCUT2D eigenvalue weighted by atomic mass is 32.1. The molecule has 2 N–H and O–H groups in total. The van der Waals surface area contributed by atoms with Crippen molar-refractivity contribution in [3.8, 4) is 5.75 Å². The fourth-order valence-corrected chi connectivity index (χ4v) is 3.84. The number of methoxy groups -OCH3 is 1. The maximum absolute atomic E-state index is 10.6. The molecule has 1 aliphatic carbocycles. The van der Waals surface area contributed by atoms with E-state index < -0.39 is 5.60 Å². The van der Waals surface area contributed by atoms with Gasteiger partial charge in [0.05, 0.1) is 7.11 Å². The molecule has 1 aliphatic rings. The lowest BCUT2D eigenvalue weighted by atomic mass is 9.87. The van der Waals surface area contributed by atoms with Gasteiger partial charge in [-0.1, -0.05) is 12.1 Å². The monoisotopic (exact) mass is 317 g/mol. The van der Waals surface area contributed by atoms with Crippen molar-refractivity contribution in [1.82, 2.24) is 5.32 Å². The van der Waals surface area contributed by atoms with Crippen LogP contribution in [0.15, 0.2) is 35.7 Å². The maximum Gasteiger partial charge on any atom is 0.119 e. The SMILES string of the molecule is COc1ccc2c(c1)CC(NCC(C)(O)c1cccs1)CC2. The molecule has 4 heteroatoms. The Morgan fingerprint density at radius 1 is 1.36 bits per heavy atom. The van der Waals surface area contributed by atoms with Gasteiger partial charge in [-0.05, 0) is 60.9 Å². The Kier molecular flexibility index (Phi) is 4.52. The van der Waals surface area contributed by atoms with E-state index in [4.69, 9.17) is 4.74 Å². The van der Waals surface area contributed by atoms with Crippen molar-refractivity contribution in [3.63, 3.8) is 0 Å². The van der Waals surface area contributed by atoms with Gasteiger partial charge in [0, 0.05) is 17.5 Å². The predicted octanol–water partition coefficient (Wildman–Crippen LogP) is 3.11. The molecule has 0 spiro atoms. The van der Waals surface area contributed by atoms with E-state index >= 15 is 0 Å². The van der Waals surface area contributed by atoms with Crippen LogP contribution in [0.1, 0.15) is 29.3 Å². The molecule has 2 aromatic rings. The van der Waals surface area contributed by atoms with Crippen LogP contribution in [0.5, 0.6) is 5.75 Å². The quantitative estimate of drug-likeness (QED) is 0.890. The molecular weight excluding hydrogens is 294 g/mol.